The van der Waals surface area contributed by atoms with E-state index in [0.717, 1.165) is 25.0 Å². The number of carbonyl (C=O) groups is 1. The highest BCUT2D eigenvalue weighted by Gasteiger charge is 2.53. The van der Waals surface area contributed by atoms with Crippen molar-refractivity contribution in [1.82, 2.24) is 0 Å². The lowest BCUT2D eigenvalue weighted by molar-refractivity contribution is -0.125. The van der Waals surface area contributed by atoms with Crippen LogP contribution in [0.15, 0.2) is 29.3 Å². The van der Waals surface area contributed by atoms with Gasteiger partial charge in [-0.1, -0.05) is 24.1 Å². The summed E-state index contributed by atoms with van der Waals surface area (Å²) in [4.78, 5) is 12.6. The average molecular weight is 310 g/mol. The summed E-state index contributed by atoms with van der Waals surface area (Å²) >= 11 is 0. The third-order valence-corrected chi connectivity index (χ3v) is 6.72. The Morgan fingerprint density at radius 3 is 2.83 bits per heavy atom. The summed E-state index contributed by atoms with van der Waals surface area (Å²) < 4.78 is 5.41. The van der Waals surface area contributed by atoms with Gasteiger partial charge in [-0.3, -0.25) is 4.79 Å². The number of rotatable bonds is 1. The lowest BCUT2D eigenvalue weighted by atomic mass is 9.55. The molecule has 0 amide bonds. The highest BCUT2D eigenvalue weighted by molar-refractivity contribution is 5.93. The second-order valence-electron chi connectivity index (χ2n) is 8.04. The van der Waals surface area contributed by atoms with E-state index < -0.39 is 0 Å². The van der Waals surface area contributed by atoms with E-state index in [9.17, 15) is 4.79 Å². The maximum absolute atomic E-state index is 12.6. The number of Topliss-reactive ketones (excluding diaryl/α,β-unsaturated/α-hetero) is 1. The van der Waals surface area contributed by atoms with Gasteiger partial charge in [-0.15, -0.1) is 0 Å². The Hall–Kier alpha value is -1.57. The molecule has 23 heavy (non-hydrogen) atoms. The van der Waals surface area contributed by atoms with Crippen molar-refractivity contribution < 1.29 is 9.53 Å². The highest BCUT2D eigenvalue weighted by Crippen LogP contribution is 2.60. The molecule has 0 unspecified atom stereocenters. The number of allylic oxidation sites excluding steroid dienone is 2. The quantitative estimate of drug-likeness (QED) is 0.704. The van der Waals surface area contributed by atoms with Gasteiger partial charge in [0.1, 0.15) is 11.5 Å². The van der Waals surface area contributed by atoms with Gasteiger partial charge in [0.25, 0.3) is 0 Å². The van der Waals surface area contributed by atoms with E-state index in [1.54, 1.807) is 7.11 Å². The standard InChI is InChI=1S/C21H26O2/c1-12-9-14-11-15(23-4)5-6-16(14)17-7-8-21(3)18(22)10-13(2)20(21)19(12)17/h5-6,11-12,17,19H,7-10H2,1-4H3/t12-,17-,19-,21-/m1/s1. The maximum Gasteiger partial charge on any atom is 0.146 e. The van der Waals surface area contributed by atoms with E-state index in [4.69, 9.17) is 4.74 Å². The molecule has 0 spiro atoms. The molecule has 3 aliphatic carbocycles. The molecule has 3 aliphatic rings. The first-order chi connectivity index (χ1) is 11.0. The van der Waals surface area contributed by atoms with E-state index in [1.807, 2.05) is 0 Å². The predicted molar refractivity (Wildman–Crippen MR) is 91.8 cm³/mol. The van der Waals surface area contributed by atoms with E-state index in [1.165, 1.54) is 22.3 Å². The number of fused-ring (bicyclic) bond motifs is 5. The number of hydrogen-bond donors (Lipinski definition) is 0. The molecular weight excluding hydrogens is 284 g/mol. The summed E-state index contributed by atoms with van der Waals surface area (Å²) in [5.74, 6) is 3.12. The third-order valence-electron chi connectivity index (χ3n) is 6.72. The van der Waals surface area contributed by atoms with Crippen LogP contribution >= 0.6 is 0 Å². The number of ether oxygens (including phenoxy) is 1. The molecule has 0 aromatic heterocycles. The largest absolute Gasteiger partial charge is 0.497 e. The first-order valence-corrected chi connectivity index (χ1v) is 8.86. The molecule has 2 heteroatoms. The molecule has 122 valence electrons. The average Bonchev–Trinajstić information content (AvgIpc) is 2.76. The summed E-state index contributed by atoms with van der Waals surface area (Å²) in [5.41, 5.74) is 5.62. The first-order valence-electron chi connectivity index (χ1n) is 8.86. The second kappa shape index (κ2) is 4.96. The number of carbonyl (C=O) groups excluding carboxylic acids is 1. The van der Waals surface area contributed by atoms with Crippen LogP contribution in [-0.2, 0) is 11.2 Å². The third kappa shape index (κ3) is 1.96. The zero-order chi connectivity index (χ0) is 16.4. The lowest BCUT2D eigenvalue weighted by Crippen LogP contribution is -2.41. The van der Waals surface area contributed by atoms with Crippen molar-refractivity contribution in [3.05, 3.63) is 40.5 Å². The minimum absolute atomic E-state index is 0.177. The Labute approximate surface area is 138 Å². The normalized spacial score (nSPS) is 35.7. The molecule has 0 bridgehead atoms. The number of ketones is 1. The zero-order valence-electron chi connectivity index (χ0n) is 14.6. The Balaban J connectivity index is 1.82. The van der Waals surface area contributed by atoms with Gasteiger partial charge < -0.3 is 4.74 Å². The van der Waals surface area contributed by atoms with Crippen LogP contribution in [-0.4, -0.2) is 12.9 Å². The molecule has 0 N–H and O–H groups in total. The summed E-state index contributed by atoms with van der Waals surface area (Å²) in [7, 11) is 1.74. The van der Waals surface area contributed by atoms with Crippen molar-refractivity contribution >= 4 is 5.78 Å². The molecular formula is C21H26O2. The van der Waals surface area contributed by atoms with Gasteiger partial charge in [0, 0.05) is 11.8 Å². The van der Waals surface area contributed by atoms with Gasteiger partial charge >= 0.3 is 0 Å². The van der Waals surface area contributed by atoms with Gasteiger partial charge in [0.05, 0.1) is 7.11 Å². The fourth-order valence-corrected chi connectivity index (χ4v) is 5.66. The first kappa shape index (κ1) is 15.0. The Morgan fingerprint density at radius 2 is 2.09 bits per heavy atom. The predicted octanol–water partition coefficient (Wildman–Crippen LogP) is 4.68. The van der Waals surface area contributed by atoms with Crippen molar-refractivity contribution in [3.8, 4) is 5.75 Å². The topological polar surface area (TPSA) is 26.3 Å². The van der Waals surface area contributed by atoms with Crippen molar-refractivity contribution in [2.24, 2.45) is 17.3 Å². The van der Waals surface area contributed by atoms with E-state index >= 15 is 0 Å². The molecule has 0 saturated heterocycles. The van der Waals surface area contributed by atoms with Crippen LogP contribution in [0, 0.1) is 17.3 Å². The van der Waals surface area contributed by atoms with Crippen molar-refractivity contribution in [2.45, 2.75) is 52.4 Å². The Bertz CT molecular complexity index is 715. The summed E-state index contributed by atoms with van der Waals surface area (Å²) in [6.07, 6.45) is 3.91. The summed E-state index contributed by atoms with van der Waals surface area (Å²) in [5, 5.41) is 0. The van der Waals surface area contributed by atoms with Crippen LogP contribution in [0.25, 0.3) is 0 Å². The monoisotopic (exact) mass is 310 g/mol. The van der Waals surface area contributed by atoms with E-state index in [0.29, 0.717) is 30.0 Å². The molecule has 0 heterocycles. The van der Waals surface area contributed by atoms with Crippen LogP contribution in [0.2, 0.25) is 0 Å². The van der Waals surface area contributed by atoms with Gasteiger partial charge in [-0.25, -0.2) is 0 Å². The fourth-order valence-electron chi connectivity index (χ4n) is 5.66. The molecule has 0 radical (unpaired) electrons. The Kier molecular flexibility index (Phi) is 3.23. The van der Waals surface area contributed by atoms with Crippen LogP contribution in [0.3, 0.4) is 0 Å². The minimum atomic E-state index is -0.177. The molecule has 2 nitrogen and oxygen atoms in total. The van der Waals surface area contributed by atoms with Gasteiger partial charge in [-0.2, -0.15) is 0 Å². The highest BCUT2D eigenvalue weighted by atomic mass is 16.5. The van der Waals surface area contributed by atoms with Crippen LogP contribution in [0.4, 0.5) is 0 Å². The molecule has 1 aromatic rings. The second-order valence-corrected chi connectivity index (χ2v) is 8.04. The van der Waals surface area contributed by atoms with E-state index in [-0.39, 0.29) is 5.41 Å². The van der Waals surface area contributed by atoms with E-state index in [2.05, 4.69) is 39.0 Å². The zero-order valence-corrected chi connectivity index (χ0v) is 14.6. The van der Waals surface area contributed by atoms with Gasteiger partial charge in [0.15, 0.2) is 0 Å². The van der Waals surface area contributed by atoms with Crippen molar-refractivity contribution in [1.29, 1.82) is 0 Å². The SMILES string of the molecule is COc1ccc2c(c1)C[C@@H](C)[C@H]1C3=C(C)CC(=O)[C@@]3(C)CC[C@H]21. The molecule has 4 rings (SSSR count). The van der Waals surface area contributed by atoms with Gasteiger partial charge in [0.2, 0.25) is 0 Å². The smallest absolute Gasteiger partial charge is 0.146 e. The maximum atomic E-state index is 12.6. The molecule has 1 fully saturated rings. The van der Waals surface area contributed by atoms with Crippen LogP contribution < -0.4 is 4.74 Å². The number of hydrogen-bond acceptors (Lipinski definition) is 2. The summed E-state index contributed by atoms with van der Waals surface area (Å²) in [6, 6.07) is 6.59. The Morgan fingerprint density at radius 1 is 1.30 bits per heavy atom. The molecule has 4 atom stereocenters. The van der Waals surface area contributed by atoms with Crippen LogP contribution in [0.5, 0.6) is 5.75 Å². The molecule has 0 aliphatic heterocycles. The fraction of sp³-hybridized carbons (Fsp3) is 0.571. The van der Waals surface area contributed by atoms with Crippen molar-refractivity contribution in [2.75, 3.05) is 7.11 Å². The van der Waals surface area contributed by atoms with Gasteiger partial charge in [-0.05, 0) is 74.1 Å². The molecule has 1 aromatic carbocycles. The van der Waals surface area contributed by atoms with Crippen molar-refractivity contribution in [3.63, 3.8) is 0 Å². The number of benzene rings is 1. The lowest BCUT2D eigenvalue weighted by Gasteiger charge is -2.48. The van der Waals surface area contributed by atoms with Crippen LogP contribution in [0.1, 0.15) is 57.1 Å². The molecule has 1 saturated carbocycles. The minimum Gasteiger partial charge on any atom is -0.497 e. The summed E-state index contributed by atoms with van der Waals surface area (Å²) in [6.45, 7) is 6.76. The number of methoxy groups -OCH3 is 1.